The van der Waals surface area contributed by atoms with Crippen LogP contribution in [0.25, 0.3) is 11.1 Å². The molecule has 0 aliphatic heterocycles. The van der Waals surface area contributed by atoms with Crippen molar-refractivity contribution in [3.63, 3.8) is 0 Å². The van der Waals surface area contributed by atoms with Crippen molar-refractivity contribution >= 4 is 63.7 Å². The van der Waals surface area contributed by atoms with Gasteiger partial charge in [0.1, 0.15) is 0 Å². The minimum Gasteiger partial charge on any atom is -0.192 e. The topological polar surface area (TPSA) is 47.6 Å². The molecule has 2 rings (SSSR count). The van der Waals surface area contributed by atoms with Gasteiger partial charge in [-0.05, 0) is 88.0 Å². The Hall–Kier alpha value is -0.660. The molecule has 0 aliphatic carbocycles. The minimum atomic E-state index is 0.505. The SMILES string of the molecule is N#Cc1cc(Br)c(Br)cc1-c1cc(Br)c(Br)cc1C#N. The first-order chi connectivity index (χ1) is 9.47. The number of rotatable bonds is 1. The first kappa shape index (κ1) is 15.7. The summed E-state index contributed by atoms with van der Waals surface area (Å²) in [5.74, 6) is 0. The molecule has 0 saturated carbocycles. The van der Waals surface area contributed by atoms with Crippen molar-refractivity contribution in [2.45, 2.75) is 0 Å². The predicted molar refractivity (Wildman–Crippen MR) is 92.1 cm³/mol. The van der Waals surface area contributed by atoms with Gasteiger partial charge in [0.15, 0.2) is 0 Å². The molecule has 0 fully saturated rings. The molecule has 0 saturated heterocycles. The third kappa shape index (κ3) is 2.99. The van der Waals surface area contributed by atoms with E-state index in [9.17, 15) is 10.5 Å². The van der Waals surface area contributed by atoms with E-state index in [1.165, 1.54) is 0 Å². The summed E-state index contributed by atoms with van der Waals surface area (Å²) < 4.78 is 3.25. The van der Waals surface area contributed by atoms with Crippen LogP contribution in [-0.4, -0.2) is 0 Å². The Balaban J connectivity index is 2.82. The van der Waals surface area contributed by atoms with Crippen molar-refractivity contribution < 1.29 is 0 Å². The standard InChI is InChI=1S/C14H4Br4N2/c15-11-1-7(5-19)9(3-13(11)17)10-4-14(18)12(16)2-8(10)6-20/h1-4H. The van der Waals surface area contributed by atoms with Crippen LogP contribution in [0.1, 0.15) is 11.1 Å². The zero-order chi connectivity index (χ0) is 14.9. The first-order valence-corrected chi connectivity index (χ1v) is 8.43. The van der Waals surface area contributed by atoms with E-state index in [1.807, 2.05) is 12.1 Å². The van der Waals surface area contributed by atoms with Gasteiger partial charge in [-0.25, -0.2) is 0 Å². The van der Waals surface area contributed by atoms with E-state index in [2.05, 4.69) is 75.9 Å². The lowest BCUT2D eigenvalue weighted by Crippen LogP contribution is -1.91. The van der Waals surface area contributed by atoms with Crippen LogP contribution in [-0.2, 0) is 0 Å². The number of nitriles is 2. The molecule has 98 valence electrons. The number of nitrogens with zero attached hydrogens (tertiary/aromatic N) is 2. The molecule has 0 spiro atoms. The summed E-state index contributed by atoms with van der Waals surface area (Å²) in [6.07, 6.45) is 0. The molecule has 0 bridgehead atoms. The summed E-state index contributed by atoms with van der Waals surface area (Å²) in [5, 5.41) is 18.6. The van der Waals surface area contributed by atoms with Crippen LogP contribution in [0.15, 0.2) is 42.2 Å². The van der Waals surface area contributed by atoms with Crippen molar-refractivity contribution in [3.8, 4) is 23.3 Å². The van der Waals surface area contributed by atoms with Gasteiger partial charge >= 0.3 is 0 Å². The Morgan fingerprint density at radius 2 is 0.900 bits per heavy atom. The Labute approximate surface area is 149 Å². The normalized spacial score (nSPS) is 9.90. The van der Waals surface area contributed by atoms with Crippen molar-refractivity contribution in [1.29, 1.82) is 10.5 Å². The lowest BCUT2D eigenvalue weighted by Gasteiger charge is -2.10. The third-order valence-corrected chi connectivity index (χ3v) is 6.34. The van der Waals surface area contributed by atoms with Crippen LogP contribution >= 0.6 is 63.7 Å². The fraction of sp³-hybridized carbons (Fsp3) is 0. The number of hydrogen-bond acceptors (Lipinski definition) is 2. The third-order valence-electron chi connectivity index (χ3n) is 2.65. The van der Waals surface area contributed by atoms with Gasteiger partial charge in [-0.3, -0.25) is 0 Å². The maximum Gasteiger partial charge on any atom is 0.0998 e. The summed E-state index contributed by atoms with van der Waals surface area (Å²) in [7, 11) is 0. The summed E-state index contributed by atoms with van der Waals surface area (Å²) in [5.41, 5.74) is 2.44. The van der Waals surface area contributed by atoms with Crippen LogP contribution in [0.2, 0.25) is 0 Å². The number of hydrogen-bond donors (Lipinski definition) is 0. The van der Waals surface area contributed by atoms with Crippen LogP contribution in [0.3, 0.4) is 0 Å². The van der Waals surface area contributed by atoms with Crippen molar-refractivity contribution in [2.24, 2.45) is 0 Å². The molecule has 0 atom stereocenters. The molecule has 0 amide bonds. The summed E-state index contributed by atoms with van der Waals surface area (Å²) in [4.78, 5) is 0. The molecule has 0 aromatic heterocycles. The highest BCUT2D eigenvalue weighted by molar-refractivity contribution is 9.13. The smallest absolute Gasteiger partial charge is 0.0998 e. The van der Waals surface area contributed by atoms with Gasteiger partial charge in [0.25, 0.3) is 0 Å². The molecule has 0 radical (unpaired) electrons. The van der Waals surface area contributed by atoms with E-state index in [4.69, 9.17) is 0 Å². The average Bonchev–Trinajstić information content (AvgIpc) is 2.43. The van der Waals surface area contributed by atoms with Gasteiger partial charge < -0.3 is 0 Å². The molecule has 0 aliphatic rings. The maximum atomic E-state index is 9.29. The van der Waals surface area contributed by atoms with Crippen molar-refractivity contribution in [1.82, 2.24) is 0 Å². The fourth-order valence-corrected chi connectivity index (χ4v) is 3.10. The summed E-state index contributed by atoms with van der Waals surface area (Å²) in [6, 6.07) is 11.5. The highest BCUT2D eigenvalue weighted by atomic mass is 79.9. The van der Waals surface area contributed by atoms with Crippen molar-refractivity contribution in [3.05, 3.63) is 53.3 Å². The zero-order valence-electron chi connectivity index (χ0n) is 9.72. The maximum absolute atomic E-state index is 9.29. The highest BCUT2D eigenvalue weighted by Crippen LogP contribution is 2.37. The largest absolute Gasteiger partial charge is 0.192 e. The van der Waals surface area contributed by atoms with Gasteiger partial charge in [-0.1, -0.05) is 0 Å². The molecular formula is C14H4Br4N2. The van der Waals surface area contributed by atoms with Gasteiger partial charge in [0.05, 0.1) is 23.3 Å². The van der Waals surface area contributed by atoms with E-state index >= 15 is 0 Å². The molecule has 0 heterocycles. The Kier molecular flexibility index (Phi) is 5.04. The molecular weight excluding hydrogens is 516 g/mol. The van der Waals surface area contributed by atoms with Crippen LogP contribution in [0.4, 0.5) is 0 Å². The number of halogens is 4. The predicted octanol–water partition coefficient (Wildman–Crippen LogP) is 6.15. The average molecular weight is 520 g/mol. The quantitative estimate of drug-likeness (QED) is 0.454. The second kappa shape index (κ2) is 6.41. The zero-order valence-corrected chi connectivity index (χ0v) is 16.1. The molecule has 20 heavy (non-hydrogen) atoms. The Morgan fingerprint density at radius 1 is 0.600 bits per heavy atom. The first-order valence-electron chi connectivity index (χ1n) is 5.26. The molecule has 0 N–H and O–H groups in total. The van der Waals surface area contributed by atoms with Crippen LogP contribution in [0, 0.1) is 22.7 Å². The fourth-order valence-electron chi connectivity index (χ4n) is 1.72. The van der Waals surface area contributed by atoms with Gasteiger partial charge in [0, 0.05) is 29.0 Å². The van der Waals surface area contributed by atoms with Crippen LogP contribution in [0.5, 0.6) is 0 Å². The second-order valence-electron chi connectivity index (χ2n) is 3.85. The minimum absolute atomic E-state index is 0.505. The highest BCUT2D eigenvalue weighted by Gasteiger charge is 2.14. The molecule has 6 heteroatoms. The second-order valence-corrected chi connectivity index (χ2v) is 7.26. The van der Waals surface area contributed by atoms with Gasteiger partial charge in [0.2, 0.25) is 0 Å². The lowest BCUT2D eigenvalue weighted by molar-refractivity contribution is 1.42. The van der Waals surface area contributed by atoms with E-state index in [0.717, 1.165) is 17.9 Å². The van der Waals surface area contributed by atoms with E-state index < -0.39 is 0 Å². The van der Waals surface area contributed by atoms with Crippen molar-refractivity contribution in [2.75, 3.05) is 0 Å². The summed E-state index contributed by atoms with van der Waals surface area (Å²) >= 11 is 13.6. The molecule has 2 aromatic rings. The molecule has 2 nitrogen and oxygen atoms in total. The number of benzene rings is 2. The molecule has 0 unspecified atom stereocenters. The van der Waals surface area contributed by atoms with E-state index in [0.29, 0.717) is 22.3 Å². The van der Waals surface area contributed by atoms with Gasteiger partial charge in [-0.15, -0.1) is 0 Å². The Morgan fingerprint density at radius 3 is 1.20 bits per heavy atom. The van der Waals surface area contributed by atoms with E-state index in [1.54, 1.807) is 12.1 Å². The molecule has 2 aromatic carbocycles. The van der Waals surface area contributed by atoms with E-state index in [-0.39, 0.29) is 0 Å². The lowest BCUT2D eigenvalue weighted by atomic mass is 9.96. The summed E-state index contributed by atoms with van der Waals surface area (Å²) in [6.45, 7) is 0. The van der Waals surface area contributed by atoms with Gasteiger partial charge in [-0.2, -0.15) is 10.5 Å². The monoisotopic (exact) mass is 516 g/mol. The van der Waals surface area contributed by atoms with Crippen LogP contribution < -0.4 is 0 Å². The Bertz CT molecular complexity index is 718.